The number of hydrogen-bond acceptors (Lipinski definition) is 4. The van der Waals surface area contributed by atoms with Gasteiger partial charge in [-0.05, 0) is 38.4 Å². The first-order valence-electron chi connectivity index (χ1n) is 7.34. The smallest absolute Gasteiger partial charge is 0.255 e. The Bertz CT molecular complexity index is 487. The Hall–Kier alpha value is -1.62. The van der Waals surface area contributed by atoms with E-state index in [0.29, 0.717) is 17.6 Å². The van der Waals surface area contributed by atoms with Crippen LogP contribution in [0.4, 0.5) is 5.82 Å². The number of amides is 1. The third kappa shape index (κ3) is 2.38. The maximum atomic E-state index is 12.6. The summed E-state index contributed by atoms with van der Waals surface area (Å²) >= 11 is 0. The number of rotatable bonds is 2. The molecule has 2 saturated heterocycles. The molecule has 2 bridgehead atoms. The van der Waals surface area contributed by atoms with E-state index in [0.717, 1.165) is 25.3 Å². The van der Waals surface area contributed by atoms with Gasteiger partial charge in [0, 0.05) is 38.4 Å². The minimum absolute atomic E-state index is 0.112. The molecule has 0 radical (unpaired) electrons. The van der Waals surface area contributed by atoms with Gasteiger partial charge in [-0.15, -0.1) is 0 Å². The summed E-state index contributed by atoms with van der Waals surface area (Å²) in [7, 11) is 4.02. The molecule has 1 amide bonds. The minimum Gasteiger partial charge on any atom is -0.373 e. The van der Waals surface area contributed by atoms with Gasteiger partial charge in [0.05, 0.1) is 5.56 Å². The van der Waals surface area contributed by atoms with Crippen molar-refractivity contribution in [2.45, 2.75) is 31.3 Å². The molecule has 0 aromatic carbocycles. The van der Waals surface area contributed by atoms with Gasteiger partial charge in [-0.2, -0.15) is 0 Å². The normalized spacial score (nSPS) is 26.4. The Morgan fingerprint density at radius 2 is 2.10 bits per heavy atom. The van der Waals surface area contributed by atoms with E-state index in [1.54, 1.807) is 6.20 Å². The lowest BCUT2D eigenvalue weighted by Gasteiger charge is -2.25. The second kappa shape index (κ2) is 5.40. The Morgan fingerprint density at radius 3 is 2.80 bits per heavy atom. The fourth-order valence-corrected chi connectivity index (χ4v) is 3.34. The van der Waals surface area contributed by atoms with Crippen molar-refractivity contribution in [2.24, 2.45) is 0 Å². The zero-order chi connectivity index (χ0) is 14.1. The SMILES string of the molecule is CNc1ccc(C(=O)N2CCC3CCC(C2)N3C)cn1. The summed E-state index contributed by atoms with van der Waals surface area (Å²) < 4.78 is 0. The van der Waals surface area contributed by atoms with Crippen LogP contribution in [0.3, 0.4) is 0 Å². The van der Waals surface area contributed by atoms with E-state index in [2.05, 4.69) is 22.2 Å². The van der Waals surface area contributed by atoms with Gasteiger partial charge in [-0.3, -0.25) is 9.69 Å². The molecule has 1 aromatic heterocycles. The van der Waals surface area contributed by atoms with E-state index in [1.807, 2.05) is 24.1 Å². The number of anilines is 1. The molecular formula is C15H22N4O. The molecule has 2 aliphatic rings. The molecule has 2 fully saturated rings. The quantitative estimate of drug-likeness (QED) is 0.886. The van der Waals surface area contributed by atoms with E-state index >= 15 is 0 Å². The van der Waals surface area contributed by atoms with Crippen molar-refractivity contribution in [1.82, 2.24) is 14.8 Å². The summed E-state index contributed by atoms with van der Waals surface area (Å²) in [6, 6.07) is 4.88. The molecule has 3 heterocycles. The van der Waals surface area contributed by atoms with Gasteiger partial charge in [-0.1, -0.05) is 0 Å². The maximum absolute atomic E-state index is 12.6. The number of nitrogens with zero attached hydrogens (tertiary/aromatic N) is 3. The molecule has 0 saturated carbocycles. The van der Waals surface area contributed by atoms with Crippen LogP contribution in [0.25, 0.3) is 0 Å². The highest BCUT2D eigenvalue weighted by atomic mass is 16.2. The first-order chi connectivity index (χ1) is 9.69. The molecule has 108 valence electrons. The van der Waals surface area contributed by atoms with E-state index in [9.17, 15) is 4.79 Å². The number of carbonyl (C=O) groups is 1. The third-order valence-corrected chi connectivity index (χ3v) is 4.70. The summed E-state index contributed by atoms with van der Waals surface area (Å²) in [5.74, 6) is 0.900. The standard InChI is InChI=1S/C15H22N4O/c1-16-14-6-3-11(9-17-14)15(20)19-8-7-12-4-5-13(10-19)18(12)2/h3,6,9,12-13H,4-5,7-8,10H2,1-2H3,(H,16,17). The Kier molecular flexibility index (Phi) is 3.61. The van der Waals surface area contributed by atoms with E-state index < -0.39 is 0 Å². The first-order valence-corrected chi connectivity index (χ1v) is 7.34. The number of nitrogens with one attached hydrogen (secondary N) is 1. The monoisotopic (exact) mass is 274 g/mol. The second-order valence-electron chi connectivity index (χ2n) is 5.77. The van der Waals surface area contributed by atoms with Crippen LogP contribution in [0.5, 0.6) is 0 Å². The van der Waals surface area contributed by atoms with E-state index in [4.69, 9.17) is 0 Å². The number of aromatic nitrogens is 1. The van der Waals surface area contributed by atoms with Crippen molar-refractivity contribution in [2.75, 3.05) is 32.5 Å². The highest BCUT2D eigenvalue weighted by Gasteiger charge is 2.36. The fourth-order valence-electron chi connectivity index (χ4n) is 3.34. The van der Waals surface area contributed by atoms with E-state index in [1.165, 1.54) is 12.8 Å². The van der Waals surface area contributed by atoms with Gasteiger partial charge < -0.3 is 10.2 Å². The van der Waals surface area contributed by atoms with Gasteiger partial charge in [0.1, 0.15) is 5.82 Å². The molecule has 1 aromatic rings. The van der Waals surface area contributed by atoms with Crippen molar-refractivity contribution < 1.29 is 4.79 Å². The van der Waals surface area contributed by atoms with Crippen LogP contribution in [-0.2, 0) is 0 Å². The van der Waals surface area contributed by atoms with Crippen molar-refractivity contribution in [3.63, 3.8) is 0 Å². The van der Waals surface area contributed by atoms with Crippen LogP contribution in [-0.4, -0.2) is 60.0 Å². The van der Waals surface area contributed by atoms with E-state index in [-0.39, 0.29) is 5.91 Å². The Balaban J connectivity index is 1.73. The predicted octanol–water partition coefficient (Wildman–Crippen LogP) is 1.43. The maximum Gasteiger partial charge on any atom is 0.255 e. The van der Waals surface area contributed by atoms with Crippen LogP contribution >= 0.6 is 0 Å². The molecule has 2 atom stereocenters. The largest absolute Gasteiger partial charge is 0.373 e. The lowest BCUT2D eigenvalue weighted by atomic mass is 10.1. The number of likely N-dealkylation sites (N-methyl/N-ethyl adjacent to an activating group) is 1. The molecule has 2 aliphatic heterocycles. The van der Waals surface area contributed by atoms with Gasteiger partial charge in [0.2, 0.25) is 0 Å². The molecule has 5 heteroatoms. The molecule has 0 aliphatic carbocycles. The van der Waals surface area contributed by atoms with Gasteiger partial charge >= 0.3 is 0 Å². The summed E-state index contributed by atoms with van der Waals surface area (Å²) in [5, 5.41) is 2.97. The molecule has 5 nitrogen and oxygen atoms in total. The summed E-state index contributed by atoms with van der Waals surface area (Å²) in [6.45, 7) is 1.71. The summed E-state index contributed by atoms with van der Waals surface area (Å²) in [4.78, 5) is 21.3. The Labute approximate surface area is 120 Å². The lowest BCUT2D eigenvalue weighted by Crippen LogP contribution is -2.39. The zero-order valence-corrected chi connectivity index (χ0v) is 12.2. The molecule has 3 rings (SSSR count). The average molecular weight is 274 g/mol. The number of carbonyl (C=O) groups excluding carboxylic acids is 1. The number of hydrogen-bond donors (Lipinski definition) is 1. The van der Waals surface area contributed by atoms with Crippen molar-refractivity contribution >= 4 is 11.7 Å². The lowest BCUT2D eigenvalue weighted by molar-refractivity contribution is 0.0740. The van der Waals surface area contributed by atoms with Crippen LogP contribution in [0.1, 0.15) is 29.6 Å². The van der Waals surface area contributed by atoms with Crippen molar-refractivity contribution in [3.05, 3.63) is 23.9 Å². The number of likely N-dealkylation sites (tertiary alicyclic amines) is 1. The predicted molar refractivity (Wildman–Crippen MR) is 78.9 cm³/mol. The van der Waals surface area contributed by atoms with Gasteiger partial charge in [0.25, 0.3) is 5.91 Å². The van der Waals surface area contributed by atoms with Crippen molar-refractivity contribution in [1.29, 1.82) is 0 Å². The highest BCUT2D eigenvalue weighted by Crippen LogP contribution is 2.28. The summed E-state index contributed by atoms with van der Waals surface area (Å²) in [6.07, 6.45) is 5.24. The Morgan fingerprint density at radius 1 is 1.30 bits per heavy atom. The average Bonchev–Trinajstić information content (AvgIpc) is 2.72. The third-order valence-electron chi connectivity index (χ3n) is 4.70. The zero-order valence-electron chi connectivity index (χ0n) is 12.2. The van der Waals surface area contributed by atoms with Crippen LogP contribution in [0.15, 0.2) is 18.3 Å². The van der Waals surface area contributed by atoms with Crippen LogP contribution in [0.2, 0.25) is 0 Å². The number of pyridine rings is 1. The molecular weight excluding hydrogens is 252 g/mol. The van der Waals surface area contributed by atoms with Crippen molar-refractivity contribution in [3.8, 4) is 0 Å². The molecule has 1 N–H and O–H groups in total. The first kappa shape index (κ1) is 13.4. The number of fused-ring (bicyclic) bond motifs is 2. The topological polar surface area (TPSA) is 48.5 Å². The molecule has 20 heavy (non-hydrogen) atoms. The second-order valence-corrected chi connectivity index (χ2v) is 5.77. The summed E-state index contributed by atoms with van der Waals surface area (Å²) in [5.41, 5.74) is 0.685. The fraction of sp³-hybridized carbons (Fsp3) is 0.600. The molecule has 2 unspecified atom stereocenters. The van der Waals surface area contributed by atoms with Gasteiger partial charge in [0.15, 0.2) is 0 Å². The highest BCUT2D eigenvalue weighted by molar-refractivity contribution is 5.94. The van der Waals surface area contributed by atoms with Crippen LogP contribution < -0.4 is 5.32 Å². The minimum atomic E-state index is 0.112. The van der Waals surface area contributed by atoms with Gasteiger partial charge in [-0.25, -0.2) is 4.98 Å². The van der Waals surface area contributed by atoms with Crippen LogP contribution in [0, 0.1) is 0 Å². The molecule has 0 spiro atoms.